The monoisotopic (exact) mass is 704 g/mol. The maximum Gasteiger partial charge on any atom is 0.264 e. The van der Waals surface area contributed by atoms with Gasteiger partial charge in [0.1, 0.15) is 5.75 Å². The van der Waals surface area contributed by atoms with Crippen molar-refractivity contribution in [1.82, 2.24) is 0 Å². The molecule has 1 N–H and O–H groups in total. The van der Waals surface area contributed by atoms with Crippen molar-refractivity contribution in [3.05, 3.63) is 82.3 Å². The van der Waals surface area contributed by atoms with Crippen molar-refractivity contribution in [3.63, 3.8) is 0 Å². The Balaban J connectivity index is 1.37. The van der Waals surface area contributed by atoms with E-state index in [1.807, 2.05) is 58.3 Å². The summed E-state index contributed by atoms with van der Waals surface area (Å²) in [6.45, 7) is 7.94. The zero-order valence-electron chi connectivity index (χ0n) is 27.3. The summed E-state index contributed by atoms with van der Waals surface area (Å²) in [5, 5.41) is 11.5. The fraction of sp³-hybridized carbons (Fsp3) is 0.459. The SMILES string of the molecule is COc1ccc([Si](C)(C)[C@H]2[C@H](CCO)O[C@@]3(C(=O)N(Cc4cccc(N5CCCCCCC5=O)c4)c4ccc(Br)cc43)[C@@H]2C)cc1. The van der Waals surface area contributed by atoms with Gasteiger partial charge in [-0.2, -0.15) is 0 Å². The van der Waals surface area contributed by atoms with Crippen molar-refractivity contribution in [3.8, 4) is 5.75 Å². The first-order valence-corrected chi connectivity index (χ1v) is 20.4. The summed E-state index contributed by atoms with van der Waals surface area (Å²) in [5.74, 6) is 0.781. The molecule has 46 heavy (non-hydrogen) atoms. The Morgan fingerprint density at radius 2 is 1.78 bits per heavy atom. The van der Waals surface area contributed by atoms with Crippen LogP contribution >= 0.6 is 15.9 Å². The average molecular weight is 706 g/mol. The molecule has 2 fully saturated rings. The lowest BCUT2D eigenvalue weighted by Gasteiger charge is -2.37. The minimum atomic E-state index is -2.25. The molecule has 0 saturated carbocycles. The second-order valence-electron chi connectivity index (χ2n) is 13.6. The van der Waals surface area contributed by atoms with E-state index in [-0.39, 0.29) is 36.0 Å². The van der Waals surface area contributed by atoms with E-state index in [1.165, 1.54) is 5.19 Å². The molecule has 9 heteroatoms. The zero-order valence-corrected chi connectivity index (χ0v) is 29.9. The summed E-state index contributed by atoms with van der Waals surface area (Å²) in [4.78, 5) is 31.7. The highest BCUT2D eigenvalue weighted by atomic mass is 79.9. The van der Waals surface area contributed by atoms with Gasteiger partial charge in [0, 0.05) is 41.2 Å². The van der Waals surface area contributed by atoms with Crippen molar-refractivity contribution in [2.45, 2.75) is 82.3 Å². The number of amides is 2. The molecule has 6 rings (SSSR count). The number of methoxy groups -OCH3 is 1. The van der Waals surface area contributed by atoms with E-state index in [0.29, 0.717) is 19.4 Å². The third kappa shape index (κ3) is 5.74. The number of anilines is 2. The Bertz CT molecular complexity index is 1600. The number of nitrogens with zero attached hydrogens (tertiary/aromatic N) is 2. The van der Waals surface area contributed by atoms with Crippen LogP contribution in [0.5, 0.6) is 5.75 Å². The van der Waals surface area contributed by atoms with Gasteiger partial charge >= 0.3 is 0 Å². The first-order valence-electron chi connectivity index (χ1n) is 16.6. The predicted octanol–water partition coefficient (Wildman–Crippen LogP) is 6.90. The molecule has 0 bridgehead atoms. The van der Waals surface area contributed by atoms with Crippen molar-refractivity contribution in [1.29, 1.82) is 0 Å². The molecular weight excluding hydrogens is 660 g/mol. The van der Waals surface area contributed by atoms with Crippen molar-refractivity contribution in [2.24, 2.45) is 5.92 Å². The van der Waals surface area contributed by atoms with Gasteiger partial charge in [-0.3, -0.25) is 9.59 Å². The molecule has 2 saturated heterocycles. The van der Waals surface area contributed by atoms with Gasteiger partial charge in [-0.1, -0.05) is 78.2 Å². The van der Waals surface area contributed by atoms with Crippen LogP contribution in [0.25, 0.3) is 0 Å². The Hall–Kier alpha value is -2.98. The first-order chi connectivity index (χ1) is 22.1. The summed E-state index contributed by atoms with van der Waals surface area (Å²) in [7, 11) is -0.581. The maximum atomic E-state index is 14.9. The van der Waals surface area contributed by atoms with Crippen molar-refractivity contribution in [2.75, 3.05) is 30.1 Å². The van der Waals surface area contributed by atoms with E-state index in [1.54, 1.807) is 7.11 Å². The van der Waals surface area contributed by atoms with Gasteiger partial charge in [-0.25, -0.2) is 0 Å². The van der Waals surface area contributed by atoms with Crippen LogP contribution in [0.2, 0.25) is 18.6 Å². The van der Waals surface area contributed by atoms with Crippen LogP contribution in [0.4, 0.5) is 11.4 Å². The molecule has 0 unspecified atom stereocenters. The molecule has 7 nitrogen and oxygen atoms in total. The molecule has 3 heterocycles. The van der Waals surface area contributed by atoms with E-state index in [9.17, 15) is 14.7 Å². The number of aliphatic hydroxyl groups excluding tert-OH is 1. The number of hydrogen-bond donors (Lipinski definition) is 1. The topological polar surface area (TPSA) is 79.3 Å². The minimum absolute atomic E-state index is 0.0116. The molecule has 0 aliphatic carbocycles. The molecule has 3 aliphatic rings. The van der Waals surface area contributed by atoms with Crippen molar-refractivity contribution < 1.29 is 24.2 Å². The Labute approximate surface area is 282 Å². The summed E-state index contributed by atoms with van der Waals surface area (Å²) >= 11 is 3.68. The van der Waals surface area contributed by atoms with Crippen LogP contribution in [-0.4, -0.2) is 51.4 Å². The van der Waals surface area contributed by atoms with Gasteiger partial charge in [0.15, 0.2) is 5.60 Å². The average Bonchev–Trinajstić information content (AvgIpc) is 3.46. The number of carbonyl (C=O) groups is 2. The second-order valence-corrected chi connectivity index (χ2v) is 19.2. The van der Waals surface area contributed by atoms with Crippen LogP contribution in [-0.2, 0) is 26.5 Å². The Morgan fingerprint density at radius 1 is 1.02 bits per heavy atom. The van der Waals surface area contributed by atoms with Gasteiger partial charge in [0.25, 0.3) is 5.91 Å². The first kappa shape index (κ1) is 32.9. The molecule has 4 atom stereocenters. The highest BCUT2D eigenvalue weighted by Gasteiger charge is 2.66. The van der Waals surface area contributed by atoms with Crippen molar-refractivity contribution >= 4 is 52.4 Å². The number of fused-ring (bicyclic) bond motifs is 2. The molecule has 0 radical (unpaired) electrons. The van der Waals surface area contributed by atoms with Gasteiger partial charge in [-0.05, 0) is 72.8 Å². The van der Waals surface area contributed by atoms with E-state index >= 15 is 0 Å². The summed E-state index contributed by atoms with van der Waals surface area (Å²) in [6.07, 6.45) is 4.92. The third-order valence-electron chi connectivity index (χ3n) is 10.6. The van der Waals surface area contributed by atoms with Gasteiger partial charge in [0.2, 0.25) is 5.91 Å². The Morgan fingerprint density at radius 3 is 2.52 bits per heavy atom. The van der Waals surface area contributed by atoms with E-state index < -0.39 is 13.7 Å². The maximum absolute atomic E-state index is 14.9. The molecule has 3 aromatic rings. The summed E-state index contributed by atoms with van der Waals surface area (Å²) < 4.78 is 13.4. The summed E-state index contributed by atoms with van der Waals surface area (Å²) in [6, 6.07) is 22.4. The number of hydrogen-bond acceptors (Lipinski definition) is 5. The number of benzene rings is 3. The molecule has 3 aromatic carbocycles. The standard InChI is InChI=1S/C37H45BrN2O5Si/c1-25-35(46(3,4)30-16-14-29(44-2)15-17-30)33(19-21-41)45-37(25)31-23-27(38)13-18-32(31)40(36(37)43)24-26-10-9-11-28(22-26)39-20-8-6-5-7-12-34(39)42/h9-11,13-18,22-23,25,33,35,41H,5-8,12,19-21,24H2,1-4H3/t25-,33+,35-,37+/m1/s1. The molecule has 2 amide bonds. The van der Waals surface area contributed by atoms with E-state index in [4.69, 9.17) is 9.47 Å². The zero-order chi connectivity index (χ0) is 32.6. The van der Waals surface area contributed by atoms with E-state index in [2.05, 4.69) is 54.1 Å². The number of halogens is 1. The number of ether oxygens (including phenoxy) is 2. The number of rotatable bonds is 8. The lowest BCUT2D eigenvalue weighted by atomic mass is 9.82. The van der Waals surface area contributed by atoms with Gasteiger partial charge in [0.05, 0.1) is 33.5 Å². The largest absolute Gasteiger partial charge is 0.497 e. The molecule has 3 aliphatic heterocycles. The smallest absolute Gasteiger partial charge is 0.264 e. The molecule has 244 valence electrons. The van der Waals surface area contributed by atoms with Gasteiger partial charge in [-0.15, -0.1) is 0 Å². The number of aliphatic hydroxyl groups is 1. The fourth-order valence-corrected chi connectivity index (χ4v) is 12.7. The minimum Gasteiger partial charge on any atom is -0.497 e. The van der Waals surface area contributed by atoms with E-state index in [0.717, 1.165) is 65.0 Å². The quantitative estimate of drug-likeness (QED) is 0.258. The highest BCUT2D eigenvalue weighted by molar-refractivity contribution is 9.10. The lowest BCUT2D eigenvalue weighted by molar-refractivity contribution is -0.146. The van der Waals surface area contributed by atoms with Gasteiger partial charge < -0.3 is 24.4 Å². The van der Waals surface area contributed by atoms with Crippen LogP contribution in [0.15, 0.2) is 71.2 Å². The summed E-state index contributed by atoms with van der Waals surface area (Å²) in [5.41, 5.74) is 2.48. The normalized spacial score (nSPS) is 25.1. The van der Waals surface area contributed by atoms with Crippen LogP contribution in [0.1, 0.15) is 56.6 Å². The van der Waals surface area contributed by atoms with Crippen LogP contribution < -0.4 is 19.7 Å². The van der Waals surface area contributed by atoms with Crippen LogP contribution in [0, 0.1) is 5.92 Å². The second kappa shape index (κ2) is 13.3. The lowest BCUT2D eigenvalue weighted by Crippen LogP contribution is -2.51. The molecule has 1 spiro atoms. The molecular formula is C37H45BrN2O5Si. The Kier molecular flexibility index (Phi) is 9.49. The predicted molar refractivity (Wildman–Crippen MR) is 188 cm³/mol. The number of carbonyl (C=O) groups excluding carboxylic acids is 2. The van der Waals surface area contributed by atoms with Crippen LogP contribution in [0.3, 0.4) is 0 Å². The molecule has 0 aromatic heterocycles. The third-order valence-corrected chi connectivity index (χ3v) is 15.5. The highest BCUT2D eigenvalue weighted by Crippen LogP contribution is 2.60. The fourth-order valence-electron chi connectivity index (χ4n) is 8.28.